The lowest BCUT2D eigenvalue weighted by Crippen LogP contribution is -2.60. The first-order valence-corrected chi connectivity index (χ1v) is 4.73. The lowest BCUT2D eigenvalue weighted by atomic mass is 10.0. The fourth-order valence-electron chi connectivity index (χ4n) is 1.01. The number of aliphatic hydroxyl groups is 4. The van der Waals surface area contributed by atoms with Gasteiger partial charge in [0.15, 0.2) is 0 Å². The monoisotopic (exact) mass is 290 g/mol. The second-order valence-electron chi connectivity index (χ2n) is 2.77. The molecule has 0 radical (unpaired) electrons. The van der Waals surface area contributed by atoms with Crippen LogP contribution in [0.5, 0.6) is 0 Å². The lowest BCUT2D eigenvalue weighted by molar-refractivity contribution is -0.301. The van der Waals surface area contributed by atoms with Gasteiger partial charge < -0.3 is 25.2 Å². The SMILES string of the molecule is OCC1(O)OCC(O)C(I)C1O. The quantitative estimate of drug-likeness (QED) is 0.339. The number of halogens is 1. The minimum Gasteiger partial charge on any atom is -0.391 e. The van der Waals surface area contributed by atoms with Crippen molar-refractivity contribution in [3.8, 4) is 0 Å². The summed E-state index contributed by atoms with van der Waals surface area (Å²) in [6, 6.07) is 0. The zero-order valence-electron chi connectivity index (χ0n) is 6.22. The Balaban J connectivity index is 2.71. The number of hydrogen-bond donors (Lipinski definition) is 4. The molecule has 12 heavy (non-hydrogen) atoms. The van der Waals surface area contributed by atoms with Crippen LogP contribution in [0.1, 0.15) is 0 Å². The maximum atomic E-state index is 9.40. The molecule has 4 atom stereocenters. The molecule has 0 saturated carbocycles. The van der Waals surface area contributed by atoms with Crippen LogP contribution in [-0.2, 0) is 4.74 Å². The normalized spacial score (nSPS) is 49.2. The molecule has 4 N–H and O–H groups in total. The first-order chi connectivity index (χ1) is 5.51. The van der Waals surface area contributed by atoms with Crippen molar-refractivity contribution in [2.45, 2.75) is 21.9 Å². The smallest absolute Gasteiger partial charge is 0.217 e. The molecule has 72 valence electrons. The highest BCUT2D eigenvalue weighted by molar-refractivity contribution is 14.1. The summed E-state index contributed by atoms with van der Waals surface area (Å²) in [7, 11) is 0. The summed E-state index contributed by atoms with van der Waals surface area (Å²) in [5, 5.41) is 36.7. The first kappa shape index (κ1) is 10.6. The van der Waals surface area contributed by atoms with Crippen LogP contribution in [0.4, 0.5) is 0 Å². The van der Waals surface area contributed by atoms with Crippen molar-refractivity contribution in [2.75, 3.05) is 13.2 Å². The molecule has 5 nitrogen and oxygen atoms in total. The van der Waals surface area contributed by atoms with Crippen molar-refractivity contribution in [3.63, 3.8) is 0 Å². The van der Waals surface area contributed by atoms with E-state index in [0.29, 0.717) is 0 Å². The molecule has 1 aliphatic heterocycles. The Bertz CT molecular complexity index is 166. The highest BCUT2D eigenvalue weighted by atomic mass is 127. The molecule has 0 aromatic heterocycles. The Morgan fingerprint density at radius 3 is 2.58 bits per heavy atom. The number of aliphatic hydroxyl groups excluding tert-OH is 3. The molecule has 0 amide bonds. The van der Waals surface area contributed by atoms with Gasteiger partial charge in [-0.2, -0.15) is 0 Å². The van der Waals surface area contributed by atoms with Gasteiger partial charge in [-0.15, -0.1) is 0 Å². The molecule has 1 aliphatic rings. The van der Waals surface area contributed by atoms with E-state index >= 15 is 0 Å². The van der Waals surface area contributed by atoms with E-state index in [4.69, 9.17) is 9.84 Å². The van der Waals surface area contributed by atoms with Crippen molar-refractivity contribution in [2.24, 2.45) is 0 Å². The first-order valence-electron chi connectivity index (χ1n) is 3.48. The number of alkyl halides is 1. The van der Waals surface area contributed by atoms with Gasteiger partial charge in [0, 0.05) is 0 Å². The average molecular weight is 290 g/mol. The standard InChI is InChI=1S/C6H11IO5/c7-4-3(9)1-12-6(11,2-8)5(4)10/h3-5,8-11H,1-2H2. The zero-order chi connectivity index (χ0) is 9.35. The van der Waals surface area contributed by atoms with Crippen LogP contribution < -0.4 is 0 Å². The van der Waals surface area contributed by atoms with Crippen molar-refractivity contribution >= 4 is 22.6 Å². The number of hydrogen-bond acceptors (Lipinski definition) is 5. The Kier molecular flexibility index (Phi) is 3.29. The van der Waals surface area contributed by atoms with Gasteiger partial charge in [0.25, 0.3) is 0 Å². The van der Waals surface area contributed by atoms with E-state index in [1.165, 1.54) is 0 Å². The molecule has 1 saturated heterocycles. The third kappa shape index (κ3) is 1.73. The van der Waals surface area contributed by atoms with Crippen LogP contribution in [0.25, 0.3) is 0 Å². The predicted molar refractivity (Wildman–Crippen MR) is 47.8 cm³/mol. The molecule has 0 aliphatic carbocycles. The summed E-state index contributed by atoms with van der Waals surface area (Å²) in [6.45, 7) is -0.762. The topological polar surface area (TPSA) is 90.2 Å². The molecule has 1 fully saturated rings. The van der Waals surface area contributed by atoms with Crippen LogP contribution in [0.3, 0.4) is 0 Å². The zero-order valence-corrected chi connectivity index (χ0v) is 8.38. The molecule has 0 bridgehead atoms. The van der Waals surface area contributed by atoms with Gasteiger partial charge in [-0.3, -0.25) is 0 Å². The molecule has 1 heterocycles. The summed E-state index contributed by atoms with van der Waals surface area (Å²) in [5.41, 5.74) is 0. The van der Waals surface area contributed by atoms with Gasteiger partial charge in [0.2, 0.25) is 5.79 Å². The third-order valence-electron chi connectivity index (χ3n) is 1.86. The van der Waals surface area contributed by atoms with Crippen molar-refractivity contribution in [1.82, 2.24) is 0 Å². The maximum Gasteiger partial charge on any atom is 0.217 e. The minimum atomic E-state index is -1.93. The van der Waals surface area contributed by atoms with Gasteiger partial charge in [-0.05, 0) is 0 Å². The van der Waals surface area contributed by atoms with E-state index in [1.54, 1.807) is 22.6 Å². The predicted octanol–water partition coefficient (Wildman–Crippen LogP) is -1.78. The van der Waals surface area contributed by atoms with Crippen molar-refractivity contribution in [1.29, 1.82) is 0 Å². The summed E-state index contributed by atoms with van der Waals surface area (Å²) < 4.78 is 4.18. The van der Waals surface area contributed by atoms with Crippen LogP contribution in [0.2, 0.25) is 0 Å². The summed E-state index contributed by atoms with van der Waals surface area (Å²) in [5.74, 6) is -1.93. The average Bonchev–Trinajstić information content (AvgIpc) is 2.09. The Morgan fingerprint density at radius 2 is 2.08 bits per heavy atom. The van der Waals surface area contributed by atoms with Gasteiger partial charge >= 0.3 is 0 Å². The van der Waals surface area contributed by atoms with Gasteiger partial charge in [-0.25, -0.2) is 0 Å². The summed E-state index contributed by atoms with van der Waals surface area (Å²) in [6.07, 6.45) is -2.08. The highest BCUT2D eigenvalue weighted by Gasteiger charge is 2.47. The van der Waals surface area contributed by atoms with Crippen LogP contribution >= 0.6 is 22.6 Å². The van der Waals surface area contributed by atoms with E-state index < -0.39 is 28.5 Å². The minimum absolute atomic E-state index is 0.0816. The van der Waals surface area contributed by atoms with E-state index in [1.807, 2.05) is 0 Å². The molecular weight excluding hydrogens is 279 g/mol. The molecule has 1 rings (SSSR count). The lowest BCUT2D eigenvalue weighted by Gasteiger charge is -2.40. The maximum absolute atomic E-state index is 9.40. The van der Waals surface area contributed by atoms with Crippen molar-refractivity contribution in [3.05, 3.63) is 0 Å². The Labute approximate surface area is 83.1 Å². The fraction of sp³-hybridized carbons (Fsp3) is 1.00. The number of rotatable bonds is 1. The summed E-state index contributed by atoms with van der Waals surface area (Å²) in [4.78, 5) is 0. The molecule has 0 aromatic carbocycles. The van der Waals surface area contributed by atoms with Gasteiger partial charge in [0.05, 0.1) is 23.2 Å². The molecule has 0 spiro atoms. The van der Waals surface area contributed by atoms with Crippen LogP contribution in [0.15, 0.2) is 0 Å². The molecule has 4 unspecified atom stereocenters. The number of ether oxygens (including phenoxy) is 1. The fourth-order valence-corrected chi connectivity index (χ4v) is 1.77. The van der Waals surface area contributed by atoms with Crippen LogP contribution in [0, 0.1) is 0 Å². The molecule has 0 aromatic rings. The van der Waals surface area contributed by atoms with E-state index in [2.05, 4.69) is 0 Å². The Hall–Kier alpha value is 0.530. The molecular formula is C6H11IO5. The highest BCUT2D eigenvalue weighted by Crippen LogP contribution is 2.28. The van der Waals surface area contributed by atoms with E-state index in [0.717, 1.165) is 0 Å². The van der Waals surface area contributed by atoms with Gasteiger partial charge in [0.1, 0.15) is 6.10 Å². The van der Waals surface area contributed by atoms with Crippen LogP contribution in [-0.4, -0.2) is 55.6 Å². The molecule has 6 heteroatoms. The second kappa shape index (κ2) is 3.72. The Morgan fingerprint density at radius 1 is 1.50 bits per heavy atom. The van der Waals surface area contributed by atoms with Gasteiger partial charge in [-0.1, -0.05) is 22.6 Å². The van der Waals surface area contributed by atoms with E-state index in [9.17, 15) is 15.3 Å². The van der Waals surface area contributed by atoms with Crippen molar-refractivity contribution < 1.29 is 25.2 Å². The van der Waals surface area contributed by atoms with E-state index in [-0.39, 0.29) is 6.61 Å². The second-order valence-corrected chi connectivity index (χ2v) is 4.21. The largest absolute Gasteiger partial charge is 0.391 e. The third-order valence-corrected chi connectivity index (χ3v) is 3.37. The summed E-state index contributed by atoms with van der Waals surface area (Å²) >= 11 is 1.81.